The number of hydrogen-bond acceptors (Lipinski definition) is 2. The SMILES string of the molecule is CN1CC(Cl)OC(Cl)C1. The molecular formula is C5H9Cl2NO. The molecular weight excluding hydrogens is 161 g/mol. The van der Waals surface area contributed by atoms with Crippen LogP contribution in [0, 0.1) is 0 Å². The van der Waals surface area contributed by atoms with Crippen molar-refractivity contribution in [2.24, 2.45) is 0 Å². The molecule has 0 N–H and O–H groups in total. The highest BCUT2D eigenvalue weighted by atomic mass is 35.5. The molecule has 1 saturated heterocycles. The second-order valence-corrected chi connectivity index (χ2v) is 3.15. The molecule has 0 aliphatic carbocycles. The number of ether oxygens (including phenoxy) is 1. The molecule has 0 radical (unpaired) electrons. The van der Waals surface area contributed by atoms with Gasteiger partial charge in [0.25, 0.3) is 0 Å². The van der Waals surface area contributed by atoms with Crippen LogP contribution in [0.1, 0.15) is 0 Å². The first-order valence-corrected chi connectivity index (χ1v) is 3.68. The maximum Gasteiger partial charge on any atom is 0.145 e. The Morgan fingerprint density at radius 3 is 2.11 bits per heavy atom. The van der Waals surface area contributed by atoms with E-state index in [4.69, 9.17) is 27.9 Å². The highest BCUT2D eigenvalue weighted by molar-refractivity contribution is 6.22. The summed E-state index contributed by atoms with van der Waals surface area (Å²) in [6.45, 7) is 1.51. The van der Waals surface area contributed by atoms with Crippen LogP contribution in [-0.4, -0.2) is 36.2 Å². The van der Waals surface area contributed by atoms with Gasteiger partial charge in [-0.15, -0.1) is 0 Å². The van der Waals surface area contributed by atoms with Crippen LogP contribution >= 0.6 is 23.2 Å². The van der Waals surface area contributed by atoms with Crippen LogP contribution in [0.3, 0.4) is 0 Å². The predicted molar refractivity (Wildman–Crippen MR) is 37.9 cm³/mol. The van der Waals surface area contributed by atoms with Crippen LogP contribution in [0.2, 0.25) is 0 Å². The van der Waals surface area contributed by atoms with Crippen molar-refractivity contribution in [3.8, 4) is 0 Å². The quantitative estimate of drug-likeness (QED) is 0.504. The van der Waals surface area contributed by atoms with E-state index in [1.165, 1.54) is 0 Å². The van der Waals surface area contributed by atoms with Gasteiger partial charge in [-0.2, -0.15) is 0 Å². The molecule has 0 aromatic heterocycles. The fourth-order valence-corrected chi connectivity index (χ4v) is 1.58. The summed E-state index contributed by atoms with van der Waals surface area (Å²) < 4.78 is 5.05. The molecule has 0 spiro atoms. The van der Waals surface area contributed by atoms with E-state index in [1.807, 2.05) is 11.9 Å². The van der Waals surface area contributed by atoms with E-state index in [9.17, 15) is 0 Å². The van der Waals surface area contributed by atoms with Crippen LogP contribution in [0.25, 0.3) is 0 Å². The Morgan fingerprint density at radius 2 is 1.78 bits per heavy atom. The average Bonchev–Trinajstić information content (AvgIpc) is 1.59. The lowest BCUT2D eigenvalue weighted by atomic mass is 10.5. The molecule has 0 saturated carbocycles. The lowest BCUT2D eigenvalue weighted by Gasteiger charge is -2.29. The largest absolute Gasteiger partial charge is 0.341 e. The topological polar surface area (TPSA) is 12.5 Å². The van der Waals surface area contributed by atoms with Crippen LogP contribution < -0.4 is 0 Å². The van der Waals surface area contributed by atoms with Crippen molar-refractivity contribution in [3.05, 3.63) is 0 Å². The molecule has 2 atom stereocenters. The zero-order valence-corrected chi connectivity index (χ0v) is 6.69. The molecule has 1 aliphatic heterocycles. The summed E-state index contributed by atoms with van der Waals surface area (Å²) in [5.74, 6) is 0. The molecule has 0 bridgehead atoms. The summed E-state index contributed by atoms with van der Waals surface area (Å²) in [5.41, 5.74) is -0.488. The van der Waals surface area contributed by atoms with E-state index in [1.54, 1.807) is 0 Å². The van der Waals surface area contributed by atoms with Gasteiger partial charge in [0.05, 0.1) is 0 Å². The first-order valence-electron chi connectivity index (χ1n) is 2.80. The van der Waals surface area contributed by atoms with Gasteiger partial charge in [-0.3, -0.25) is 4.90 Å². The van der Waals surface area contributed by atoms with Crippen molar-refractivity contribution >= 4 is 23.2 Å². The number of nitrogens with zero attached hydrogens (tertiary/aromatic N) is 1. The minimum Gasteiger partial charge on any atom is -0.341 e. The van der Waals surface area contributed by atoms with E-state index in [2.05, 4.69) is 0 Å². The van der Waals surface area contributed by atoms with Crippen LogP contribution in [0.5, 0.6) is 0 Å². The zero-order chi connectivity index (χ0) is 6.85. The van der Waals surface area contributed by atoms with Crippen molar-refractivity contribution in [2.45, 2.75) is 11.1 Å². The average molecular weight is 170 g/mol. The minimum absolute atomic E-state index is 0.244. The van der Waals surface area contributed by atoms with Gasteiger partial charge in [0, 0.05) is 13.1 Å². The summed E-state index contributed by atoms with van der Waals surface area (Å²) in [5, 5.41) is 0. The molecule has 54 valence electrons. The maximum absolute atomic E-state index is 5.66. The molecule has 0 aromatic carbocycles. The number of hydrogen-bond donors (Lipinski definition) is 0. The third-order valence-electron chi connectivity index (χ3n) is 1.21. The summed E-state index contributed by atoms with van der Waals surface area (Å²) in [6.07, 6.45) is 0. The van der Waals surface area contributed by atoms with Gasteiger partial charge < -0.3 is 4.74 Å². The van der Waals surface area contributed by atoms with Gasteiger partial charge in [-0.25, -0.2) is 0 Å². The fourth-order valence-electron chi connectivity index (χ4n) is 0.811. The van der Waals surface area contributed by atoms with Gasteiger partial charge in [-0.1, -0.05) is 23.2 Å². The van der Waals surface area contributed by atoms with Crippen LogP contribution in [-0.2, 0) is 4.74 Å². The predicted octanol–water partition coefficient (Wildman–Crippen LogP) is 1.08. The third-order valence-corrected chi connectivity index (χ3v) is 1.69. The maximum atomic E-state index is 5.66. The normalized spacial score (nSPS) is 39.0. The second kappa shape index (κ2) is 3.06. The van der Waals surface area contributed by atoms with Crippen molar-refractivity contribution in [2.75, 3.05) is 20.1 Å². The minimum atomic E-state index is -0.244. The molecule has 1 fully saturated rings. The summed E-state index contributed by atoms with van der Waals surface area (Å²) in [6, 6.07) is 0. The van der Waals surface area contributed by atoms with E-state index in [0.29, 0.717) is 0 Å². The number of likely N-dealkylation sites (N-methyl/N-ethyl adjacent to an activating group) is 1. The Labute approximate surface area is 64.7 Å². The molecule has 0 aromatic rings. The van der Waals surface area contributed by atoms with Crippen LogP contribution in [0.4, 0.5) is 0 Å². The fraction of sp³-hybridized carbons (Fsp3) is 1.00. The Hall–Kier alpha value is 0.500. The highest BCUT2D eigenvalue weighted by Crippen LogP contribution is 2.14. The van der Waals surface area contributed by atoms with Crippen molar-refractivity contribution in [1.29, 1.82) is 0 Å². The summed E-state index contributed by atoms with van der Waals surface area (Å²) in [4.78, 5) is 2.04. The summed E-state index contributed by atoms with van der Waals surface area (Å²) in [7, 11) is 1.97. The Morgan fingerprint density at radius 1 is 1.33 bits per heavy atom. The van der Waals surface area contributed by atoms with Crippen molar-refractivity contribution in [1.82, 2.24) is 4.90 Å². The van der Waals surface area contributed by atoms with Gasteiger partial charge in [-0.05, 0) is 7.05 Å². The van der Waals surface area contributed by atoms with Crippen LogP contribution in [0.15, 0.2) is 0 Å². The first kappa shape index (κ1) is 7.61. The molecule has 2 nitrogen and oxygen atoms in total. The Kier molecular flexibility index (Phi) is 2.59. The van der Waals surface area contributed by atoms with Gasteiger partial charge in [0.1, 0.15) is 11.1 Å². The monoisotopic (exact) mass is 169 g/mol. The molecule has 1 rings (SSSR count). The second-order valence-electron chi connectivity index (χ2n) is 2.18. The van der Waals surface area contributed by atoms with E-state index >= 15 is 0 Å². The van der Waals surface area contributed by atoms with E-state index in [-0.39, 0.29) is 11.1 Å². The van der Waals surface area contributed by atoms with Gasteiger partial charge in [0.15, 0.2) is 0 Å². The highest BCUT2D eigenvalue weighted by Gasteiger charge is 2.21. The molecule has 1 heterocycles. The smallest absolute Gasteiger partial charge is 0.145 e. The van der Waals surface area contributed by atoms with Crippen molar-refractivity contribution in [3.63, 3.8) is 0 Å². The third kappa shape index (κ3) is 2.30. The number of rotatable bonds is 0. The molecule has 9 heavy (non-hydrogen) atoms. The molecule has 1 aliphatic rings. The Balaban J connectivity index is 2.34. The van der Waals surface area contributed by atoms with Gasteiger partial charge in [0.2, 0.25) is 0 Å². The first-order chi connectivity index (χ1) is 4.18. The molecule has 4 heteroatoms. The van der Waals surface area contributed by atoms with Gasteiger partial charge >= 0.3 is 0 Å². The molecule has 2 unspecified atom stereocenters. The standard InChI is InChI=1S/C5H9Cl2NO/c1-8-2-4(6)9-5(7)3-8/h4-5H,2-3H2,1H3. The number of alkyl halides is 2. The van der Waals surface area contributed by atoms with E-state index in [0.717, 1.165) is 13.1 Å². The number of morpholine rings is 1. The lowest BCUT2D eigenvalue weighted by molar-refractivity contribution is 0.00141. The van der Waals surface area contributed by atoms with Crippen molar-refractivity contribution < 1.29 is 4.74 Å². The zero-order valence-electron chi connectivity index (χ0n) is 5.18. The summed E-state index contributed by atoms with van der Waals surface area (Å²) >= 11 is 11.3. The van der Waals surface area contributed by atoms with E-state index < -0.39 is 0 Å². The molecule has 0 amide bonds. The number of halogens is 2. The Bertz CT molecular complexity index is 75.9. The lowest BCUT2D eigenvalue weighted by Crippen LogP contribution is -2.40.